The molecule has 1 fully saturated rings. The molecule has 2 aliphatic rings. The second kappa shape index (κ2) is 4.83. The van der Waals surface area contributed by atoms with Crippen molar-refractivity contribution in [2.75, 3.05) is 0 Å². The van der Waals surface area contributed by atoms with E-state index in [-0.39, 0.29) is 11.9 Å². The molecule has 0 unspecified atom stereocenters. The molecule has 3 rings (SSSR count). The maximum absolute atomic E-state index is 11.5. The Bertz CT molecular complexity index is 525. The number of benzene rings is 1. The standard InChI is InChI=1S/C14H13BrO4/c1-14-7-6-11(16)8-12(14)17-13(18-19-14)9-2-4-10(15)5-3-9/h2-7,12-13H,8H2,1H3/t12-,13-,14+/m0/s1. The molecule has 1 saturated heterocycles. The molecule has 5 heteroatoms. The van der Waals surface area contributed by atoms with E-state index in [0.29, 0.717) is 6.42 Å². The molecule has 1 heterocycles. The first kappa shape index (κ1) is 13.0. The highest BCUT2D eigenvalue weighted by Crippen LogP contribution is 2.38. The smallest absolute Gasteiger partial charge is 0.217 e. The Labute approximate surface area is 119 Å². The van der Waals surface area contributed by atoms with E-state index in [0.717, 1.165) is 10.0 Å². The Morgan fingerprint density at radius 2 is 2.05 bits per heavy atom. The van der Waals surface area contributed by atoms with E-state index in [9.17, 15) is 4.79 Å². The number of fused-ring (bicyclic) bond motifs is 1. The number of halogens is 1. The number of hydrogen-bond acceptors (Lipinski definition) is 4. The average Bonchev–Trinajstić information content (AvgIpc) is 2.40. The number of ether oxygens (including phenoxy) is 1. The van der Waals surface area contributed by atoms with Gasteiger partial charge in [0.05, 0.1) is 0 Å². The van der Waals surface area contributed by atoms with Crippen LogP contribution in [0.25, 0.3) is 0 Å². The number of rotatable bonds is 1. The van der Waals surface area contributed by atoms with Gasteiger partial charge in [0.2, 0.25) is 6.29 Å². The lowest BCUT2D eigenvalue weighted by atomic mass is 9.88. The van der Waals surface area contributed by atoms with Crippen molar-refractivity contribution in [3.63, 3.8) is 0 Å². The van der Waals surface area contributed by atoms with Crippen LogP contribution in [0.5, 0.6) is 0 Å². The van der Waals surface area contributed by atoms with Gasteiger partial charge in [-0.3, -0.25) is 4.79 Å². The zero-order valence-electron chi connectivity index (χ0n) is 10.3. The third-order valence-corrected chi connectivity index (χ3v) is 3.90. The molecule has 0 saturated carbocycles. The fourth-order valence-electron chi connectivity index (χ4n) is 2.16. The summed E-state index contributed by atoms with van der Waals surface area (Å²) in [6.45, 7) is 1.85. The molecule has 100 valence electrons. The summed E-state index contributed by atoms with van der Waals surface area (Å²) in [5.41, 5.74) is 0.159. The Kier molecular flexibility index (Phi) is 3.30. The first-order valence-electron chi connectivity index (χ1n) is 6.04. The minimum atomic E-state index is -0.695. The van der Waals surface area contributed by atoms with E-state index in [2.05, 4.69) is 15.9 Å². The van der Waals surface area contributed by atoms with E-state index in [4.69, 9.17) is 14.5 Å². The van der Waals surface area contributed by atoms with E-state index in [1.807, 2.05) is 31.2 Å². The molecule has 0 bridgehead atoms. The number of ketones is 1. The van der Waals surface area contributed by atoms with Crippen LogP contribution in [0.1, 0.15) is 25.2 Å². The normalized spacial score (nSPS) is 34.1. The van der Waals surface area contributed by atoms with Crippen LogP contribution in [0.2, 0.25) is 0 Å². The third-order valence-electron chi connectivity index (χ3n) is 3.37. The highest BCUT2D eigenvalue weighted by Gasteiger charge is 2.45. The highest BCUT2D eigenvalue weighted by atomic mass is 79.9. The lowest BCUT2D eigenvalue weighted by molar-refractivity contribution is -0.480. The van der Waals surface area contributed by atoms with Gasteiger partial charge in [0.1, 0.15) is 11.7 Å². The average molecular weight is 325 g/mol. The van der Waals surface area contributed by atoms with E-state index in [1.165, 1.54) is 6.08 Å². The summed E-state index contributed by atoms with van der Waals surface area (Å²) in [5, 5.41) is 0. The molecule has 0 amide bonds. The van der Waals surface area contributed by atoms with Crippen LogP contribution in [-0.2, 0) is 19.3 Å². The van der Waals surface area contributed by atoms with Crippen molar-refractivity contribution in [2.24, 2.45) is 0 Å². The molecule has 19 heavy (non-hydrogen) atoms. The van der Waals surface area contributed by atoms with Crippen molar-refractivity contribution in [3.8, 4) is 0 Å². The van der Waals surface area contributed by atoms with Gasteiger partial charge in [-0.25, -0.2) is 4.89 Å². The van der Waals surface area contributed by atoms with Crippen molar-refractivity contribution in [3.05, 3.63) is 46.5 Å². The molecule has 1 aliphatic heterocycles. The van der Waals surface area contributed by atoms with Gasteiger partial charge >= 0.3 is 0 Å². The van der Waals surface area contributed by atoms with Crippen LogP contribution in [0.4, 0.5) is 0 Å². The van der Waals surface area contributed by atoms with Crippen LogP contribution in [0, 0.1) is 0 Å². The van der Waals surface area contributed by atoms with Gasteiger partial charge in [-0.05, 0) is 31.2 Å². The van der Waals surface area contributed by atoms with Gasteiger partial charge in [0, 0.05) is 16.5 Å². The van der Waals surface area contributed by atoms with E-state index >= 15 is 0 Å². The van der Waals surface area contributed by atoms with Crippen LogP contribution in [0.3, 0.4) is 0 Å². The van der Waals surface area contributed by atoms with Crippen LogP contribution in [-0.4, -0.2) is 17.5 Å². The molecule has 1 aromatic rings. The number of allylic oxidation sites excluding steroid dienone is 1. The first-order chi connectivity index (χ1) is 9.07. The van der Waals surface area contributed by atoms with Gasteiger partial charge in [0.15, 0.2) is 5.78 Å². The van der Waals surface area contributed by atoms with Crippen molar-refractivity contribution in [1.29, 1.82) is 0 Å². The number of carbonyl (C=O) groups is 1. The molecular formula is C14H13BrO4. The van der Waals surface area contributed by atoms with Gasteiger partial charge in [0.25, 0.3) is 0 Å². The zero-order chi connectivity index (χ0) is 13.5. The number of hydrogen-bond donors (Lipinski definition) is 0. The molecule has 0 radical (unpaired) electrons. The molecular weight excluding hydrogens is 312 g/mol. The summed E-state index contributed by atoms with van der Waals surface area (Å²) in [5.74, 6) is 0.0440. The Morgan fingerprint density at radius 1 is 1.32 bits per heavy atom. The summed E-state index contributed by atoms with van der Waals surface area (Å²) >= 11 is 3.37. The van der Waals surface area contributed by atoms with Crippen LogP contribution < -0.4 is 0 Å². The van der Waals surface area contributed by atoms with E-state index < -0.39 is 11.9 Å². The third kappa shape index (κ3) is 2.51. The lowest BCUT2D eigenvalue weighted by Gasteiger charge is -2.42. The molecule has 3 atom stereocenters. The highest BCUT2D eigenvalue weighted by molar-refractivity contribution is 9.10. The summed E-state index contributed by atoms with van der Waals surface area (Å²) < 4.78 is 6.84. The van der Waals surface area contributed by atoms with Gasteiger partial charge < -0.3 is 4.74 Å². The topological polar surface area (TPSA) is 44.8 Å². The fourth-order valence-corrected chi connectivity index (χ4v) is 2.42. The maximum Gasteiger partial charge on any atom is 0.217 e. The molecule has 0 N–H and O–H groups in total. The first-order valence-corrected chi connectivity index (χ1v) is 6.84. The Hall–Kier alpha value is -1.01. The van der Waals surface area contributed by atoms with Crippen LogP contribution in [0.15, 0.2) is 40.9 Å². The zero-order valence-corrected chi connectivity index (χ0v) is 11.9. The van der Waals surface area contributed by atoms with Crippen molar-refractivity contribution < 1.29 is 19.3 Å². The van der Waals surface area contributed by atoms with Crippen molar-refractivity contribution in [2.45, 2.75) is 31.3 Å². The predicted octanol–water partition coefficient (Wildman–Crippen LogP) is 3.08. The Balaban J connectivity index is 1.81. The molecule has 1 aromatic carbocycles. The van der Waals surface area contributed by atoms with Gasteiger partial charge in [-0.15, -0.1) is 0 Å². The quantitative estimate of drug-likeness (QED) is 0.745. The minimum Gasteiger partial charge on any atom is -0.339 e. The Morgan fingerprint density at radius 3 is 2.79 bits per heavy atom. The van der Waals surface area contributed by atoms with E-state index in [1.54, 1.807) is 6.08 Å². The summed E-state index contributed by atoms with van der Waals surface area (Å²) in [6.07, 6.45) is 2.59. The van der Waals surface area contributed by atoms with Crippen molar-refractivity contribution >= 4 is 21.7 Å². The van der Waals surface area contributed by atoms with Crippen molar-refractivity contribution in [1.82, 2.24) is 0 Å². The summed E-state index contributed by atoms with van der Waals surface area (Å²) in [4.78, 5) is 22.2. The van der Waals surface area contributed by atoms with Gasteiger partial charge in [-0.1, -0.05) is 28.1 Å². The SMILES string of the molecule is C[C@@]12C=CC(=O)C[C@@H]1O[C@H](c1ccc(Br)cc1)OO2. The fraction of sp³-hybridized carbons (Fsp3) is 0.357. The maximum atomic E-state index is 11.5. The molecule has 1 aliphatic carbocycles. The largest absolute Gasteiger partial charge is 0.339 e. The summed E-state index contributed by atoms with van der Waals surface area (Å²) in [7, 11) is 0. The molecule has 4 nitrogen and oxygen atoms in total. The summed E-state index contributed by atoms with van der Waals surface area (Å²) in [6, 6.07) is 7.59. The minimum absolute atomic E-state index is 0.0440. The number of carbonyl (C=O) groups excluding carboxylic acids is 1. The second-order valence-electron chi connectivity index (χ2n) is 4.88. The second-order valence-corrected chi connectivity index (χ2v) is 5.79. The molecule has 0 spiro atoms. The van der Waals surface area contributed by atoms with Crippen LogP contribution >= 0.6 is 15.9 Å². The monoisotopic (exact) mass is 324 g/mol. The van der Waals surface area contributed by atoms with Gasteiger partial charge in [-0.2, -0.15) is 4.89 Å². The predicted molar refractivity (Wildman–Crippen MR) is 71.1 cm³/mol. The molecule has 0 aromatic heterocycles. The lowest BCUT2D eigenvalue weighted by Crippen LogP contribution is -2.50.